The summed E-state index contributed by atoms with van der Waals surface area (Å²) >= 11 is 5.99. The minimum Gasteiger partial charge on any atom is -0.488 e. The van der Waals surface area contributed by atoms with Crippen LogP contribution in [0.25, 0.3) is 0 Å². The largest absolute Gasteiger partial charge is 0.488 e. The summed E-state index contributed by atoms with van der Waals surface area (Å²) in [6.45, 7) is 6.18. The number of hydrogen-bond acceptors (Lipinski definition) is 3. The molecule has 1 atom stereocenters. The zero-order valence-corrected chi connectivity index (χ0v) is 17.7. The summed E-state index contributed by atoms with van der Waals surface area (Å²) in [5.74, 6) is 0.750. The quantitative estimate of drug-likeness (QED) is 0.554. The Morgan fingerprint density at radius 2 is 1.97 bits per heavy atom. The van der Waals surface area contributed by atoms with Gasteiger partial charge in [-0.05, 0) is 67.6 Å². The molecule has 0 aliphatic rings. The molecule has 2 aromatic carbocycles. The van der Waals surface area contributed by atoms with Crippen molar-refractivity contribution in [3.63, 3.8) is 0 Å². The van der Waals surface area contributed by atoms with Gasteiger partial charge in [-0.1, -0.05) is 23.7 Å². The summed E-state index contributed by atoms with van der Waals surface area (Å²) < 4.78 is 8.45. The van der Waals surface area contributed by atoms with Crippen molar-refractivity contribution in [2.24, 2.45) is 0 Å². The Morgan fingerprint density at radius 3 is 2.62 bits per heavy atom. The van der Waals surface area contributed by atoms with E-state index in [9.17, 15) is 4.79 Å². The Kier molecular flexibility index (Phi) is 6.94. The Labute approximate surface area is 176 Å². The molecule has 6 heteroatoms. The number of hydrogen-bond donors (Lipinski definition) is 1. The zero-order chi connectivity index (χ0) is 20.8. The first-order chi connectivity index (χ1) is 13.9. The van der Waals surface area contributed by atoms with Crippen LogP contribution in [0, 0.1) is 13.8 Å². The highest BCUT2D eigenvalue weighted by Gasteiger charge is 2.15. The standard InChI is InChI=1S/C23H26ClN3O2/c1-16-13-23(17(2)12-22(16)26-18(3)28)29-21(14-27-11-10-25-15-27)9-6-19-4-7-20(24)8-5-19/h4-5,7-8,10-13,15,21H,6,9,14H2,1-3H3,(H,26,28). The van der Waals surface area contributed by atoms with E-state index in [0.29, 0.717) is 6.54 Å². The number of aryl methyl sites for hydroxylation is 3. The number of imidazole rings is 1. The minimum absolute atomic E-state index is 0.0235. The van der Waals surface area contributed by atoms with E-state index in [0.717, 1.165) is 40.4 Å². The van der Waals surface area contributed by atoms with Crippen LogP contribution in [0.5, 0.6) is 5.75 Å². The van der Waals surface area contributed by atoms with Gasteiger partial charge in [0.2, 0.25) is 5.91 Å². The molecule has 1 heterocycles. The number of carbonyl (C=O) groups is 1. The zero-order valence-electron chi connectivity index (χ0n) is 17.0. The highest BCUT2D eigenvalue weighted by Crippen LogP contribution is 2.28. The lowest BCUT2D eigenvalue weighted by Gasteiger charge is -2.22. The van der Waals surface area contributed by atoms with Crippen LogP contribution < -0.4 is 10.1 Å². The third-order valence-corrected chi connectivity index (χ3v) is 5.02. The lowest BCUT2D eigenvalue weighted by Crippen LogP contribution is -2.24. The van der Waals surface area contributed by atoms with Crippen molar-refractivity contribution in [3.05, 3.63) is 76.8 Å². The third-order valence-electron chi connectivity index (χ3n) is 4.77. The van der Waals surface area contributed by atoms with Gasteiger partial charge in [-0.2, -0.15) is 0 Å². The Morgan fingerprint density at radius 1 is 1.21 bits per heavy atom. The van der Waals surface area contributed by atoms with Gasteiger partial charge in [0.1, 0.15) is 11.9 Å². The first-order valence-corrected chi connectivity index (χ1v) is 10.0. The summed E-state index contributed by atoms with van der Waals surface area (Å²) in [6.07, 6.45) is 7.23. The molecule has 0 fully saturated rings. The van der Waals surface area contributed by atoms with Gasteiger partial charge >= 0.3 is 0 Å². The smallest absolute Gasteiger partial charge is 0.221 e. The molecule has 3 aromatic rings. The Hall–Kier alpha value is -2.79. The molecule has 29 heavy (non-hydrogen) atoms. The summed E-state index contributed by atoms with van der Waals surface area (Å²) in [6, 6.07) is 11.9. The monoisotopic (exact) mass is 411 g/mol. The minimum atomic E-state index is -0.0814. The highest BCUT2D eigenvalue weighted by molar-refractivity contribution is 6.30. The second-order valence-corrected chi connectivity index (χ2v) is 7.71. The maximum Gasteiger partial charge on any atom is 0.221 e. The molecular weight excluding hydrogens is 386 g/mol. The lowest BCUT2D eigenvalue weighted by molar-refractivity contribution is -0.114. The fourth-order valence-corrected chi connectivity index (χ4v) is 3.34. The van der Waals surface area contributed by atoms with Gasteiger partial charge in [-0.25, -0.2) is 4.98 Å². The second-order valence-electron chi connectivity index (χ2n) is 7.28. The fourth-order valence-electron chi connectivity index (χ4n) is 3.22. The van der Waals surface area contributed by atoms with Gasteiger partial charge in [-0.3, -0.25) is 4.79 Å². The number of carbonyl (C=O) groups excluding carboxylic acids is 1. The van der Waals surface area contributed by atoms with Crippen LogP contribution in [0.15, 0.2) is 55.1 Å². The van der Waals surface area contributed by atoms with Crippen LogP contribution >= 0.6 is 11.6 Å². The molecule has 1 N–H and O–H groups in total. The van der Waals surface area contributed by atoms with E-state index in [1.54, 1.807) is 12.5 Å². The van der Waals surface area contributed by atoms with E-state index in [2.05, 4.69) is 10.3 Å². The lowest BCUT2D eigenvalue weighted by atomic mass is 10.1. The number of rotatable bonds is 8. The average Bonchev–Trinajstić information content (AvgIpc) is 3.17. The highest BCUT2D eigenvalue weighted by atomic mass is 35.5. The second kappa shape index (κ2) is 9.61. The Balaban J connectivity index is 1.76. The van der Waals surface area contributed by atoms with E-state index in [4.69, 9.17) is 16.3 Å². The van der Waals surface area contributed by atoms with Gasteiger partial charge in [-0.15, -0.1) is 0 Å². The number of aromatic nitrogens is 2. The predicted octanol–water partition coefficient (Wildman–Crippen LogP) is 5.19. The SMILES string of the molecule is CC(=O)Nc1cc(C)c(OC(CCc2ccc(Cl)cc2)Cn2ccnc2)cc1C. The van der Waals surface area contributed by atoms with Crippen LogP contribution in [0.1, 0.15) is 30.0 Å². The molecule has 0 aliphatic heterocycles. The molecule has 0 radical (unpaired) electrons. The van der Waals surface area contributed by atoms with E-state index in [1.165, 1.54) is 12.5 Å². The van der Waals surface area contributed by atoms with Gasteiger partial charge in [0.05, 0.1) is 12.9 Å². The van der Waals surface area contributed by atoms with Crippen LogP contribution in [-0.2, 0) is 17.8 Å². The van der Waals surface area contributed by atoms with Crippen LogP contribution in [0.4, 0.5) is 5.69 Å². The Bertz CT molecular complexity index is 953. The first-order valence-electron chi connectivity index (χ1n) is 9.66. The number of nitrogens with zero attached hydrogens (tertiary/aromatic N) is 2. The maximum absolute atomic E-state index is 11.4. The van der Waals surface area contributed by atoms with E-state index in [1.807, 2.05) is 61.0 Å². The summed E-state index contributed by atoms with van der Waals surface area (Å²) in [5, 5.41) is 3.61. The molecule has 0 bridgehead atoms. The number of ether oxygens (including phenoxy) is 1. The number of benzene rings is 2. The summed E-state index contributed by atoms with van der Waals surface area (Å²) in [7, 11) is 0. The molecule has 1 aromatic heterocycles. The van der Waals surface area contributed by atoms with Gasteiger partial charge in [0.15, 0.2) is 0 Å². The maximum atomic E-state index is 11.4. The van der Waals surface area contributed by atoms with Gasteiger partial charge in [0, 0.05) is 30.0 Å². The molecule has 0 saturated carbocycles. The van der Waals surface area contributed by atoms with Gasteiger partial charge < -0.3 is 14.6 Å². The first kappa shape index (κ1) is 20.9. The third kappa shape index (κ3) is 6.09. The molecule has 0 aliphatic carbocycles. The van der Waals surface area contributed by atoms with Crippen molar-refractivity contribution >= 4 is 23.2 Å². The molecule has 1 unspecified atom stereocenters. The van der Waals surface area contributed by atoms with Crippen LogP contribution in [0.2, 0.25) is 5.02 Å². The van der Waals surface area contributed by atoms with Crippen molar-refractivity contribution in [2.45, 2.75) is 46.3 Å². The average molecular weight is 412 g/mol. The predicted molar refractivity (Wildman–Crippen MR) is 117 cm³/mol. The molecule has 1 amide bonds. The van der Waals surface area contributed by atoms with Gasteiger partial charge in [0.25, 0.3) is 0 Å². The topological polar surface area (TPSA) is 56.1 Å². The molecule has 5 nitrogen and oxygen atoms in total. The van der Waals surface area contributed by atoms with Crippen molar-refractivity contribution < 1.29 is 9.53 Å². The number of amides is 1. The fraction of sp³-hybridized carbons (Fsp3) is 0.304. The van der Waals surface area contributed by atoms with E-state index < -0.39 is 0 Å². The molecule has 3 rings (SSSR count). The van der Waals surface area contributed by atoms with Crippen LogP contribution in [0.3, 0.4) is 0 Å². The van der Waals surface area contributed by atoms with Crippen molar-refractivity contribution in [1.82, 2.24) is 9.55 Å². The van der Waals surface area contributed by atoms with Crippen molar-refractivity contribution in [1.29, 1.82) is 0 Å². The van der Waals surface area contributed by atoms with Crippen molar-refractivity contribution in [2.75, 3.05) is 5.32 Å². The normalized spacial score (nSPS) is 11.9. The molecule has 0 spiro atoms. The van der Waals surface area contributed by atoms with E-state index >= 15 is 0 Å². The summed E-state index contributed by atoms with van der Waals surface area (Å²) in [4.78, 5) is 15.5. The van der Waals surface area contributed by atoms with Crippen molar-refractivity contribution in [3.8, 4) is 5.75 Å². The van der Waals surface area contributed by atoms with E-state index in [-0.39, 0.29) is 12.0 Å². The molecule has 152 valence electrons. The number of halogens is 1. The molecular formula is C23H26ClN3O2. The van der Waals surface area contributed by atoms with Crippen LogP contribution in [-0.4, -0.2) is 21.6 Å². The number of nitrogens with one attached hydrogen (secondary N) is 1. The molecule has 0 saturated heterocycles. The number of anilines is 1. The summed E-state index contributed by atoms with van der Waals surface area (Å²) in [5.41, 5.74) is 4.00.